The highest BCUT2D eigenvalue weighted by atomic mass is 16.6. The van der Waals surface area contributed by atoms with Crippen LogP contribution in [0.25, 0.3) is 10.4 Å². The number of aliphatic carboxylic acids is 1. The zero-order chi connectivity index (χ0) is 22.4. The average Bonchev–Trinajstić information content (AvgIpc) is 2.68. The molecule has 9 nitrogen and oxygen atoms in total. The van der Waals surface area contributed by atoms with Gasteiger partial charge in [0.05, 0.1) is 24.1 Å². The van der Waals surface area contributed by atoms with Crippen molar-refractivity contribution in [2.24, 2.45) is 5.11 Å². The van der Waals surface area contributed by atoms with Crippen molar-refractivity contribution >= 4 is 12.1 Å². The van der Waals surface area contributed by atoms with Crippen LogP contribution < -0.4 is 15.7 Å². The van der Waals surface area contributed by atoms with Gasteiger partial charge in [0.2, 0.25) is 0 Å². The van der Waals surface area contributed by atoms with Gasteiger partial charge in [-0.25, -0.2) is 4.79 Å². The number of hydrogen-bond donors (Lipinski definition) is 2. The summed E-state index contributed by atoms with van der Waals surface area (Å²) in [6.45, 7) is 4.91. The molecule has 0 saturated heterocycles. The number of nitrogens with zero attached hydrogens (tertiary/aromatic N) is 3. The number of carboxylic acid groups (broad SMARTS) is 1. The third-order valence-corrected chi connectivity index (χ3v) is 5.40. The summed E-state index contributed by atoms with van der Waals surface area (Å²) in [5.74, 6) is -1.45. The number of carbonyl (C=O) groups is 2. The minimum atomic E-state index is -1.45. The Bertz CT molecular complexity index is 544. The number of rotatable bonds is 7. The number of carbonyl (C=O) groups excluding carboxylic acids is 2. The Morgan fingerprint density at radius 2 is 1.60 bits per heavy atom. The van der Waals surface area contributed by atoms with E-state index in [0.717, 1.165) is 12.1 Å². The van der Waals surface area contributed by atoms with E-state index in [-0.39, 0.29) is 13.0 Å². The highest BCUT2D eigenvalue weighted by Crippen LogP contribution is 2.18. The first kappa shape index (κ1) is 26.0. The van der Waals surface area contributed by atoms with Gasteiger partial charge in [-0.2, -0.15) is 0 Å². The maximum atomic E-state index is 11.3. The summed E-state index contributed by atoms with van der Waals surface area (Å²) < 4.78 is 4.88. The van der Waals surface area contributed by atoms with Crippen LogP contribution in [-0.2, 0) is 9.53 Å². The molecule has 0 bridgehead atoms. The second-order valence-electron chi connectivity index (χ2n) is 9.25. The van der Waals surface area contributed by atoms with E-state index in [4.69, 9.17) is 10.3 Å². The normalized spacial score (nSPS) is 18.9. The first-order valence-corrected chi connectivity index (χ1v) is 11.3. The lowest BCUT2D eigenvalue weighted by Gasteiger charge is -2.27. The minimum Gasteiger partial charge on any atom is -0.548 e. The molecule has 1 unspecified atom stereocenters. The van der Waals surface area contributed by atoms with Crippen molar-refractivity contribution in [2.75, 3.05) is 6.54 Å². The molecule has 0 radical (unpaired) electrons. The van der Waals surface area contributed by atoms with Crippen LogP contribution in [-0.4, -0.2) is 42.3 Å². The van der Waals surface area contributed by atoms with Crippen LogP contribution >= 0.6 is 0 Å². The topological polar surface area (TPSA) is 144 Å². The van der Waals surface area contributed by atoms with E-state index in [2.05, 4.69) is 20.7 Å². The molecule has 172 valence electrons. The van der Waals surface area contributed by atoms with E-state index in [0.29, 0.717) is 0 Å². The Kier molecular flexibility index (Phi) is 12.2. The van der Waals surface area contributed by atoms with Crippen molar-refractivity contribution < 1.29 is 24.7 Å². The molecule has 2 aliphatic rings. The molecule has 0 aliphatic heterocycles. The fourth-order valence-electron chi connectivity index (χ4n) is 3.97. The van der Waals surface area contributed by atoms with Gasteiger partial charge in [-0.1, -0.05) is 18.0 Å². The van der Waals surface area contributed by atoms with Crippen molar-refractivity contribution in [1.29, 1.82) is 0 Å². The molecule has 0 aromatic heterocycles. The molecule has 9 heteroatoms. The van der Waals surface area contributed by atoms with Gasteiger partial charge in [0, 0.05) is 11.5 Å². The Hall–Kier alpha value is -1.99. The Morgan fingerprint density at radius 3 is 2.00 bits per heavy atom. The summed E-state index contributed by atoms with van der Waals surface area (Å²) >= 11 is 0. The highest BCUT2D eigenvalue weighted by Gasteiger charge is 2.23. The molecule has 2 rings (SSSR count). The number of azide groups is 1. The number of alkyl carbamates (subject to hydrolysis) is 1. The van der Waals surface area contributed by atoms with Gasteiger partial charge in [0.15, 0.2) is 0 Å². The first-order chi connectivity index (χ1) is 14.2. The van der Waals surface area contributed by atoms with Gasteiger partial charge < -0.3 is 25.3 Å². The molecular formula is C21H39N5O4. The summed E-state index contributed by atoms with van der Waals surface area (Å²) in [6, 6.07) is 0.754. The number of hydrogen-bond acceptors (Lipinski definition) is 5. The summed E-state index contributed by atoms with van der Waals surface area (Å²) in [7, 11) is 0. The number of amides is 1. The lowest BCUT2D eigenvalue weighted by atomic mass is 9.91. The molecule has 2 aliphatic carbocycles. The smallest absolute Gasteiger partial charge is 0.408 e. The van der Waals surface area contributed by atoms with Crippen molar-refractivity contribution in [3.63, 3.8) is 0 Å². The molecule has 0 heterocycles. The van der Waals surface area contributed by atoms with Gasteiger partial charge >= 0.3 is 6.09 Å². The standard InChI is InChI=1S/C12H23N.C9H16N4O4/c1-3-7-11(8-4-1)13-12-9-5-2-6-10-12;1-9(2,3)17-8(16)12-6(7(14)15)4-5-11-13-10/h11-13H,1-10H2;6H,4-5H2,1-3H3,(H,12,16)(H,14,15). The van der Waals surface area contributed by atoms with Crippen molar-refractivity contribution in [2.45, 2.75) is 115 Å². The molecule has 1 amide bonds. The van der Waals surface area contributed by atoms with Gasteiger partial charge in [0.1, 0.15) is 5.60 Å². The van der Waals surface area contributed by atoms with Gasteiger partial charge in [-0.15, -0.1) is 0 Å². The molecule has 2 saturated carbocycles. The van der Waals surface area contributed by atoms with Crippen LogP contribution in [0.1, 0.15) is 91.4 Å². The van der Waals surface area contributed by atoms with E-state index in [1.54, 1.807) is 20.8 Å². The predicted molar refractivity (Wildman–Crippen MR) is 112 cm³/mol. The molecule has 1 atom stereocenters. The van der Waals surface area contributed by atoms with E-state index >= 15 is 0 Å². The third-order valence-electron chi connectivity index (χ3n) is 5.40. The highest BCUT2D eigenvalue weighted by molar-refractivity contribution is 5.78. The number of ether oxygens (including phenoxy) is 1. The Morgan fingerprint density at radius 1 is 1.10 bits per heavy atom. The van der Waals surface area contributed by atoms with Crippen LogP contribution in [0.5, 0.6) is 0 Å². The van der Waals surface area contributed by atoms with Crippen molar-refractivity contribution in [3.05, 3.63) is 10.4 Å². The minimum absolute atomic E-state index is 0.0500. The summed E-state index contributed by atoms with van der Waals surface area (Å²) in [4.78, 5) is 24.4. The van der Waals surface area contributed by atoms with Crippen LogP contribution in [0.2, 0.25) is 0 Å². The van der Waals surface area contributed by atoms with Gasteiger partial charge in [-0.05, 0) is 84.1 Å². The fourth-order valence-corrected chi connectivity index (χ4v) is 3.97. The van der Waals surface area contributed by atoms with E-state index in [1.807, 2.05) is 0 Å². The maximum absolute atomic E-state index is 11.3. The van der Waals surface area contributed by atoms with Gasteiger partial charge in [-0.3, -0.25) is 0 Å². The number of quaternary nitrogens is 1. The molecule has 30 heavy (non-hydrogen) atoms. The summed E-state index contributed by atoms with van der Waals surface area (Å²) in [6.07, 6.45) is 14.0. The SMILES string of the molecule is C1CCC([NH2+]C2CCCCC2)CC1.CC(C)(C)OC(=O)NC(CCN=[N+]=[N-])C(=O)[O-]. The Balaban J connectivity index is 0.000000308. The second-order valence-corrected chi connectivity index (χ2v) is 9.25. The lowest BCUT2D eigenvalue weighted by Crippen LogP contribution is -2.95. The fraction of sp³-hybridized carbons (Fsp3) is 0.905. The van der Waals surface area contributed by atoms with Crippen LogP contribution in [0, 0.1) is 0 Å². The summed E-state index contributed by atoms with van der Waals surface area (Å²) in [5, 5.41) is 18.7. The monoisotopic (exact) mass is 425 g/mol. The second kappa shape index (κ2) is 14.1. The Labute approximate surface area is 179 Å². The average molecular weight is 426 g/mol. The van der Waals surface area contributed by atoms with Crippen LogP contribution in [0.15, 0.2) is 5.11 Å². The molecule has 0 spiro atoms. The predicted octanol–water partition coefficient (Wildman–Crippen LogP) is 2.55. The maximum Gasteiger partial charge on any atom is 0.408 e. The first-order valence-electron chi connectivity index (χ1n) is 11.3. The van der Waals surface area contributed by atoms with Crippen molar-refractivity contribution in [3.8, 4) is 0 Å². The number of carboxylic acids is 1. The van der Waals surface area contributed by atoms with Crippen molar-refractivity contribution in [1.82, 2.24) is 5.32 Å². The lowest BCUT2D eigenvalue weighted by molar-refractivity contribution is -0.725. The number of nitrogens with two attached hydrogens (primary N) is 1. The molecule has 2 fully saturated rings. The van der Waals surface area contributed by atoms with E-state index in [1.165, 1.54) is 64.2 Å². The molecule has 3 N–H and O–H groups in total. The quantitative estimate of drug-likeness (QED) is 0.367. The van der Waals surface area contributed by atoms with E-state index in [9.17, 15) is 14.7 Å². The molecule has 0 aromatic carbocycles. The number of nitrogens with one attached hydrogen (secondary N) is 1. The largest absolute Gasteiger partial charge is 0.548 e. The molecule has 0 aromatic rings. The van der Waals surface area contributed by atoms with Crippen LogP contribution in [0.4, 0.5) is 4.79 Å². The summed E-state index contributed by atoms with van der Waals surface area (Å²) in [5.41, 5.74) is 7.32. The van der Waals surface area contributed by atoms with E-state index < -0.39 is 23.7 Å². The zero-order valence-corrected chi connectivity index (χ0v) is 18.8. The zero-order valence-electron chi connectivity index (χ0n) is 18.8. The van der Waals surface area contributed by atoms with Crippen LogP contribution in [0.3, 0.4) is 0 Å². The third kappa shape index (κ3) is 12.5. The molecular weight excluding hydrogens is 386 g/mol. The van der Waals surface area contributed by atoms with Gasteiger partial charge in [0.25, 0.3) is 0 Å².